The molecule has 3 rings (SSSR count). The van der Waals surface area contributed by atoms with Crippen LogP contribution in [0.15, 0.2) is 42.7 Å². The van der Waals surface area contributed by atoms with Crippen molar-refractivity contribution in [1.82, 2.24) is 20.1 Å². The summed E-state index contributed by atoms with van der Waals surface area (Å²) < 4.78 is 1.85. The van der Waals surface area contributed by atoms with Crippen LogP contribution >= 0.6 is 11.3 Å². The van der Waals surface area contributed by atoms with Crippen molar-refractivity contribution in [3.63, 3.8) is 0 Å². The minimum Gasteiger partial charge on any atom is -0.351 e. The van der Waals surface area contributed by atoms with E-state index < -0.39 is 0 Å². The van der Waals surface area contributed by atoms with Crippen LogP contribution in [0.25, 0.3) is 5.69 Å². The van der Waals surface area contributed by atoms with Gasteiger partial charge in [0.25, 0.3) is 5.91 Å². The molecule has 0 atom stereocenters. The highest BCUT2D eigenvalue weighted by Gasteiger charge is 2.16. The second kappa shape index (κ2) is 7.61. The maximum Gasteiger partial charge on any atom is 0.263 e. The Hall–Kier alpha value is -2.47. The number of aryl methyl sites for hydroxylation is 1. The van der Waals surface area contributed by atoms with Crippen molar-refractivity contribution in [2.75, 3.05) is 6.54 Å². The number of carbonyl (C=O) groups is 1. The molecule has 0 bridgehead atoms. The molecule has 1 amide bonds. The molecule has 0 saturated carbocycles. The molecule has 25 heavy (non-hydrogen) atoms. The number of rotatable bonds is 6. The lowest BCUT2D eigenvalue weighted by Gasteiger charge is -2.03. The number of thiazole rings is 1. The van der Waals surface area contributed by atoms with E-state index in [-0.39, 0.29) is 5.91 Å². The summed E-state index contributed by atoms with van der Waals surface area (Å²) >= 11 is 1.48. The number of nitrogens with zero attached hydrogens (tertiary/aromatic N) is 3. The Labute approximate surface area is 151 Å². The number of amides is 1. The minimum atomic E-state index is -0.0441. The number of hydrogen-bond donors (Lipinski definition) is 1. The van der Waals surface area contributed by atoms with Gasteiger partial charge in [-0.25, -0.2) is 9.67 Å². The Kier molecular flexibility index (Phi) is 5.28. The molecule has 3 aromatic rings. The van der Waals surface area contributed by atoms with Gasteiger partial charge in [-0.2, -0.15) is 5.10 Å². The van der Waals surface area contributed by atoms with Crippen molar-refractivity contribution in [2.45, 2.75) is 33.1 Å². The van der Waals surface area contributed by atoms with Crippen LogP contribution in [0.4, 0.5) is 0 Å². The van der Waals surface area contributed by atoms with E-state index in [0.717, 1.165) is 28.4 Å². The van der Waals surface area contributed by atoms with Crippen molar-refractivity contribution in [3.05, 3.63) is 63.9 Å². The normalized spacial score (nSPS) is 11.0. The van der Waals surface area contributed by atoms with E-state index in [0.29, 0.717) is 17.3 Å². The summed E-state index contributed by atoms with van der Waals surface area (Å²) in [5, 5.41) is 8.37. The monoisotopic (exact) mass is 354 g/mol. The number of hydrogen-bond acceptors (Lipinski definition) is 4. The molecule has 6 heteroatoms. The summed E-state index contributed by atoms with van der Waals surface area (Å²) in [7, 11) is 0. The molecule has 0 aliphatic carbocycles. The van der Waals surface area contributed by atoms with Crippen LogP contribution in [0.1, 0.15) is 45.7 Å². The Morgan fingerprint density at radius 3 is 2.72 bits per heavy atom. The van der Waals surface area contributed by atoms with Gasteiger partial charge in [0.15, 0.2) is 0 Å². The molecule has 2 heterocycles. The van der Waals surface area contributed by atoms with Crippen molar-refractivity contribution in [1.29, 1.82) is 0 Å². The van der Waals surface area contributed by atoms with E-state index in [4.69, 9.17) is 0 Å². The third-order valence-corrected chi connectivity index (χ3v) is 5.33. The first-order chi connectivity index (χ1) is 12.0. The SMILES string of the molecule is Cc1nc(C(C)C)sc1C(=O)NCCc1cnn(-c2ccccc2)c1. The third kappa shape index (κ3) is 4.14. The zero-order valence-electron chi connectivity index (χ0n) is 14.7. The second-order valence-corrected chi connectivity index (χ2v) is 7.29. The first kappa shape index (κ1) is 17.4. The maximum absolute atomic E-state index is 12.4. The van der Waals surface area contributed by atoms with Crippen LogP contribution in [0.2, 0.25) is 0 Å². The summed E-state index contributed by atoms with van der Waals surface area (Å²) in [5.74, 6) is 0.298. The van der Waals surface area contributed by atoms with Gasteiger partial charge in [0.2, 0.25) is 0 Å². The zero-order chi connectivity index (χ0) is 17.8. The quantitative estimate of drug-likeness (QED) is 0.734. The van der Waals surface area contributed by atoms with Crippen molar-refractivity contribution >= 4 is 17.2 Å². The van der Waals surface area contributed by atoms with Gasteiger partial charge in [-0.3, -0.25) is 4.79 Å². The van der Waals surface area contributed by atoms with Gasteiger partial charge < -0.3 is 5.32 Å². The van der Waals surface area contributed by atoms with Crippen LogP contribution in [-0.4, -0.2) is 27.2 Å². The zero-order valence-corrected chi connectivity index (χ0v) is 15.5. The molecular formula is C19H22N4OS. The number of para-hydroxylation sites is 1. The highest BCUT2D eigenvalue weighted by atomic mass is 32.1. The minimum absolute atomic E-state index is 0.0441. The van der Waals surface area contributed by atoms with Gasteiger partial charge in [-0.1, -0.05) is 32.0 Å². The van der Waals surface area contributed by atoms with Gasteiger partial charge in [0, 0.05) is 18.7 Å². The Morgan fingerprint density at radius 2 is 2.04 bits per heavy atom. The molecular weight excluding hydrogens is 332 g/mol. The first-order valence-electron chi connectivity index (χ1n) is 8.39. The molecule has 0 unspecified atom stereocenters. The molecule has 0 aliphatic rings. The maximum atomic E-state index is 12.4. The smallest absolute Gasteiger partial charge is 0.263 e. The lowest BCUT2D eigenvalue weighted by molar-refractivity contribution is 0.0957. The van der Waals surface area contributed by atoms with Crippen LogP contribution < -0.4 is 5.32 Å². The highest BCUT2D eigenvalue weighted by molar-refractivity contribution is 7.13. The fraction of sp³-hybridized carbons (Fsp3) is 0.316. The molecule has 1 N–H and O–H groups in total. The summed E-state index contributed by atoms with van der Waals surface area (Å²) in [6, 6.07) is 9.98. The molecule has 0 saturated heterocycles. The van der Waals surface area contributed by atoms with E-state index >= 15 is 0 Å². The van der Waals surface area contributed by atoms with Gasteiger partial charge >= 0.3 is 0 Å². The Balaban J connectivity index is 1.56. The summed E-state index contributed by atoms with van der Waals surface area (Å²) in [5.41, 5.74) is 2.93. The number of benzene rings is 1. The molecule has 0 spiro atoms. The second-order valence-electron chi connectivity index (χ2n) is 6.26. The van der Waals surface area contributed by atoms with Gasteiger partial charge in [-0.15, -0.1) is 11.3 Å². The van der Waals surface area contributed by atoms with Crippen molar-refractivity contribution in [3.8, 4) is 5.69 Å². The van der Waals surface area contributed by atoms with E-state index in [2.05, 4.69) is 29.2 Å². The van der Waals surface area contributed by atoms with E-state index in [1.165, 1.54) is 11.3 Å². The fourth-order valence-electron chi connectivity index (χ4n) is 2.49. The summed E-state index contributed by atoms with van der Waals surface area (Å²) in [6.07, 6.45) is 4.58. The fourth-order valence-corrected chi connectivity index (χ4v) is 3.47. The van der Waals surface area contributed by atoms with Gasteiger partial charge in [0.1, 0.15) is 4.88 Å². The van der Waals surface area contributed by atoms with Crippen LogP contribution in [0.5, 0.6) is 0 Å². The summed E-state index contributed by atoms with van der Waals surface area (Å²) in [4.78, 5) is 17.5. The molecule has 0 fully saturated rings. The predicted octanol–water partition coefficient (Wildman–Crippen LogP) is 3.73. The standard InChI is InChI=1S/C19H22N4OS/c1-13(2)19-22-14(3)17(25-19)18(24)20-10-9-15-11-21-23(12-15)16-7-5-4-6-8-16/h4-8,11-13H,9-10H2,1-3H3,(H,20,24). The summed E-state index contributed by atoms with van der Waals surface area (Å²) in [6.45, 7) is 6.64. The van der Waals surface area contributed by atoms with E-state index in [1.807, 2.05) is 54.3 Å². The Bertz CT molecular complexity index is 851. The topological polar surface area (TPSA) is 59.8 Å². The Morgan fingerprint density at radius 1 is 1.28 bits per heavy atom. The highest BCUT2D eigenvalue weighted by Crippen LogP contribution is 2.24. The van der Waals surface area contributed by atoms with E-state index in [1.54, 1.807) is 0 Å². The predicted molar refractivity (Wildman–Crippen MR) is 101 cm³/mol. The van der Waals surface area contributed by atoms with Crippen LogP contribution in [0.3, 0.4) is 0 Å². The molecule has 0 radical (unpaired) electrons. The molecule has 2 aromatic heterocycles. The molecule has 0 aliphatic heterocycles. The van der Waals surface area contributed by atoms with Crippen LogP contribution in [0, 0.1) is 6.92 Å². The number of nitrogens with one attached hydrogen (secondary N) is 1. The largest absolute Gasteiger partial charge is 0.351 e. The molecule has 5 nitrogen and oxygen atoms in total. The third-order valence-electron chi connectivity index (χ3n) is 3.87. The molecule has 1 aromatic carbocycles. The first-order valence-corrected chi connectivity index (χ1v) is 9.20. The van der Waals surface area contributed by atoms with Gasteiger partial charge in [0.05, 0.1) is 22.6 Å². The average molecular weight is 354 g/mol. The lowest BCUT2D eigenvalue weighted by atomic mass is 10.2. The van der Waals surface area contributed by atoms with Crippen molar-refractivity contribution < 1.29 is 4.79 Å². The van der Waals surface area contributed by atoms with Crippen molar-refractivity contribution in [2.24, 2.45) is 0 Å². The van der Waals surface area contributed by atoms with E-state index in [9.17, 15) is 4.79 Å². The molecule has 130 valence electrons. The number of aromatic nitrogens is 3. The lowest BCUT2D eigenvalue weighted by Crippen LogP contribution is -2.25. The average Bonchev–Trinajstić information content (AvgIpc) is 3.22. The van der Waals surface area contributed by atoms with Gasteiger partial charge in [-0.05, 0) is 31.0 Å². The van der Waals surface area contributed by atoms with Crippen LogP contribution in [-0.2, 0) is 6.42 Å². The number of carbonyl (C=O) groups excluding carboxylic acids is 1.